The second-order valence-corrected chi connectivity index (χ2v) is 6.69. The predicted molar refractivity (Wildman–Crippen MR) is 70.2 cm³/mol. The van der Waals surface area contributed by atoms with Gasteiger partial charge in [0.1, 0.15) is 5.75 Å². The largest absolute Gasteiger partial charge is 0.494 e. The molecule has 1 rings (SSSR count). The average molecular weight is 277 g/mol. The minimum Gasteiger partial charge on any atom is -0.494 e. The molecule has 0 heterocycles. The lowest BCUT2D eigenvalue weighted by Crippen LogP contribution is -2.02. The normalized spacial score (nSPS) is 11.4. The number of hydrogen-bond donors (Lipinski definition) is 0. The molecule has 0 saturated carbocycles. The third-order valence-corrected chi connectivity index (χ3v) is 3.62. The zero-order valence-corrected chi connectivity index (χ0v) is 11.4. The van der Waals surface area contributed by atoms with Crippen LogP contribution in [0.4, 0.5) is 0 Å². The molecule has 0 saturated heterocycles. The van der Waals surface area contributed by atoms with E-state index in [1.165, 1.54) is 5.56 Å². The summed E-state index contributed by atoms with van der Waals surface area (Å²) in [6.45, 7) is 2.61. The van der Waals surface area contributed by atoms with Crippen LogP contribution >= 0.6 is 10.7 Å². The molecule has 96 valence electrons. The number of hydrogen-bond acceptors (Lipinski definition) is 3. The average Bonchev–Trinajstić information content (AvgIpc) is 2.28. The summed E-state index contributed by atoms with van der Waals surface area (Å²) in [7, 11) is 1.73. The lowest BCUT2D eigenvalue weighted by Gasteiger charge is -2.06. The number of unbranched alkanes of at least 4 members (excludes halogenated alkanes) is 1. The Hall–Kier alpha value is -0.740. The fourth-order valence-corrected chi connectivity index (χ4v) is 2.26. The summed E-state index contributed by atoms with van der Waals surface area (Å²) < 4.78 is 26.8. The van der Waals surface area contributed by atoms with Crippen molar-refractivity contribution in [3.05, 3.63) is 29.8 Å². The van der Waals surface area contributed by atoms with Gasteiger partial charge in [0.05, 0.1) is 12.4 Å². The van der Waals surface area contributed by atoms with Crippen LogP contribution in [0.5, 0.6) is 5.75 Å². The van der Waals surface area contributed by atoms with Gasteiger partial charge in [0, 0.05) is 10.7 Å². The molecule has 0 atom stereocenters. The maximum absolute atomic E-state index is 10.7. The van der Waals surface area contributed by atoms with Crippen LogP contribution in [0.1, 0.15) is 25.3 Å². The molecule has 0 N–H and O–H groups in total. The van der Waals surface area contributed by atoms with E-state index in [1.54, 1.807) is 0 Å². The molecular weight excluding hydrogens is 260 g/mol. The van der Waals surface area contributed by atoms with Crippen LogP contribution in [-0.4, -0.2) is 20.8 Å². The molecule has 5 heteroatoms. The van der Waals surface area contributed by atoms with Crippen molar-refractivity contribution in [2.24, 2.45) is 0 Å². The summed E-state index contributed by atoms with van der Waals surface area (Å²) in [4.78, 5) is 0. The van der Waals surface area contributed by atoms with E-state index in [2.05, 4.69) is 6.92 Å². The Bertz CT molecular complexity index is 426. The molecule has 1 aromatic carbocycles. The van der Waals surface area contributed by atoms with Gasteiger partial charge in [0.25, 0.3) is 0 Å². The van der Waals surface area contributed by atoms with Gasteiger partial charge in [0.15, 0.2) is 0 Å². The summed E-state index contributed by atoms with van der Waals surface area (Å²) in [5, 5.41) is 0. The van der Waals surface area contributed by atoms with E-state index < -0.39 is 9.05 Å². The Labute approximate surface area is 107 Å². The minimum atomic E-state index is -3.36. The Morgan fingerprint density at radius 3 is 2.35 bits per heavy atom. The topological polar surface area (TPSA) is 43.4 Å². The lowest BCUT2D eigenvalue weighted by molar-refractivity contribution is 0.309. The first-order chi connectivity index (χ1) is 8.01. The standard InChI is InChI=1S/C12H17ClO3S/c1-2-11-5-7-12(8-6-11)16-9-3-4-10-17(13,14)15/h5-8H,2-4,9-10H2,1H3. The van der Waals surface area contributed by atoms with E-state index in [-0.39, 0.29) is 5.75 Å². The number of halogens is 1. The number of rotatable bonds is 7. The highest BCUT2D eigenvalue weighted by Crippen LogP contribution is 2.13. The third-order valence-electron chi connectivity index (χ3n) is 2.38. The minimum absolute atomic E-state index is 0.00664. The van der Waals surface area contributed by atoms with Crippen molar-refractivity contribution in [3.8, 4) is 5.75 Å². The zero-order valence-electron chi connectivity index (χ0n) is 9.86. The van der Waals surface area contributed by atoms with Crippen LogP contribution < -0.4 is 4.74 Å². The monoisotopic (exact) mass is 276 g/mol. The molecule has 0 bridgehead atoms. The lowest BCUT2D eigenvalue weighted by atomic mass is 10.2. The SMILES string of the molecule is CCc1ccc(OCCCCS(=O)(=O)Cl)cc1. The van der Waals surface area contributed by atoms with Crippen LogP contribution in [0.3, 0.4) is 0 Å². The van der Waals surface area contributed by atoms with E-state index in [1.807, 2.05) is 24.3 Å². The molecule has 3 nitrogen and oxygen atoms in total. The van der Waals surface area contributed by atoms with Gasteiger partial charge >= 0.3 is 0 Å². The van der Waals surface area contributed by atoms with Crippen LogP contribution in [0, 0.1) is 0 Å². The fraction of sp³-hybridized carbons (Fsp3) is 0.500. The molecule has 0 radical (unpaired) electrons. The van der Waals surface area contributed by atoms with Crippen LogP contribution in [0.2, 0.25) is 0 Å². The van der Waals surface area contributed by atoms with Crippen molar-refractivity contribution < 1.29 is 13.2 Å². The summed E-state index contributed by atoms with van der Waals surface area (Å²) in [5.74, 6) is 0.822. The van der Waals surface area contributed by atoms with Gasteiger partial charge < -0.3 is 4.74 Å². The number of aryl methyl sites for hydroxylation is 1. The van der Waals surface area contributed by atoms with E-state index >= 15 is 0 Å². The summed E-state index contributed by atoms with van der Waals surface area (Å²) in [6, 6.07) is 7.91. The highest BCUT2D eigenvalue weighted by Gasteiger charge is 2.03. The smallest absolute Gasteiger partial charge is 0.232 e. The van der Waals surface area contributed by atoms with Crippen LogP contribution in [-0.2, 0) is 15.5 Å². The molecule has 0 spiro atoms. The molecule has 0 fully saturated rings. The third kappa shape index (κ3) is 6.54. The van der Waals surface area contributed by atoms with Crippen molar-refractivity contribution in [1.82, 2.24) is 0 Å². The number of benzene rings is 1. The maximum Gasteiger partial charge on any atom is 0.232 e. The summed E-state index contributed by atoms with van der Waals surface area (Å²) >= 11 is 0. The van der Waals surface area contributed by atoms with Crippen molar-refractivity contribution in [3.63, 3.8) is 0 Å². The molecule has 1 aromatic rings. The van der Waals surface area contributed by atoms with Gasteiger partial charge in [-0.15, -0.1) is 0 Å². The molecular formula is C12H17ClO3S. The zero-order chi connectivity index (χ0) is 12.7. The molecule has 0 unspecified atom stereocenters. The van der Waals surface area contributed by atoms with Crippen molar-refractivity contribution in [2.75, 3.05) is 12.4 Å². The fourth-order valence-electron chi connectivity index (χ4n) is 1.39. The highest BCUT2D eigenvalue weighted by molar-refractivity contribution is 8.13. The van der Waals surface area contributed by atoms with Crippen LogP contribution in [0.15, 0.2) is 24.3 Å². The Balaban J connectivity index is 2.22. The van der Waals surface area contributed by atoms with Gasteiger partial charge in [-0.3, -0.25) is 0 Å². The maximum atomic E-state index is 10.7. The van der Waals surface area contributed by atoms with Gasteiger partial charge in [-0.05, 0) is 37.0 Å². The van der Waals surface area contributed by atoms with E-state index in [4.69, 9.17) is 15.4 Å². The van der Waals surface area contributed by atoms with Crippen molar-refractivity contribution >= 4 is 19.7 Å². The van der Waals surface area contributed by atoms with Gasteiger partial charge in [0.2, 0.25) is 9.05 Å². The van der Waals surface area contributed by atoms with Crippen molar-refractivity contribution in [2.45, 2.75) is 26.2 Å². The van der Waals surface area contributed by atoms with Gasteiger partial charge in [-0.1, -0.05) is 19.1 Å². The Morgan fingerprint density at radius 2 is 1.82 bits per heavy atom. The van der Waals surface area contributed by atoms with E-state index in [9.17, 15) is 8.42 Å². The quantitative estimate of drug-likeness (QED) is 0.568. The molecule has 0 amide bonds. The first-order valence-corrected chi connectivity index (χ1v) is 8.13. The number of ether oxygens (including phenoxy) is 1. The molecule has 17 heavy (non-hydrogen) atoms. The summed E-state index contributed by atoms with van der Waals surface area (Å²) in [5.41, 5.74) is 1.27. The molecule has 0 aliphatic heterocycles. The Kier molecular flexibility index (Phi) is 5.78. The molecule has 0 aromatic heterocycles. The second-order valence-electron chi connectivity index (χ2n) is 3.80. The first kappa shape index (κ1) is 14.3. The second kappa shape index (κ2) is 6.87. The predicted octanol–water partition coefficient (Wildman–Crippen LogP) is 2.98. The Morgan fingerprint density at radius 1 is 1.18 bits per heavy atom. The van der Waals surface area contributed by atoms with E-state index in [0.29, 0.717) is 19.4 Å². The summed E-state index contributed by atoms with van der Waals surface area (Å²) in [6.07, 6.45) is 2.22. The van der Waals surface area contributed by atoms with Crippen molar-refractivity contribution in [1.29, 1.82) is 0 Å². The first-order valence-electron chi connectivity index (χ1n) is 5.65. The van der Waals surface area contributed by atoms with Gasteiger partial charge in [-0.2, -0.15) is 0 Å². The van der Waals surface area contributed by atoms with E-state index in [0.717, 1.165) is 12.2 Å². The molecule has 0 aliphatic carbocycles. The van der Waals surface area contributed by atoms with Crippen LogP contribution in [0.25, 0.3) is 0 Å². The highest BCUT2D eigenvalue weighted by atomic mass is 35.7. The van der Waals surface area contributed by atoms with Gasteiger partial charge in [-0.25, -0.2) is 8.42 Å². The molecule has 0 aliphatic rings.